The summed E-state index contributed by atoms with van der Waals surface area (Å²) in [5.74, 6) is -0.377. The minimum absolute atomic E-state index is 0.0147. The second-order valence-corrected chi connectivity index (χ2v) is 7.11. The lowest BCUT2D eigenvalue weighted by Gasteiger charge is -2.32. The third-order valence-corrected chi connectivity index (χ3v) is 5.23. The van der Waals surface area contributed by atoms with Crippen molar-refractivity contribution >= 4 is 34.8 Å². The number of nitrogens with zero attached hydrogens (tertiary/aromatic N) is 2. The molecule has 0 saturated carbocycles. The maximum Gasteiger partial charge on any atom is 0.241 e. The summed E-state index contributed by atoms with van der Waals surface area (Å²) in [4.78, 5) is 27.8. The van der Waals surface area contributed by atoms with Gasteiger partial charge in [0.05, 0.1) is 31.1 Å². The number of benzene rings is 1. The normalized spacial score (nSPS) is 18.7. The number of piperidine rings is 1. The van der Waals surface area contributed by atoms with Crippen LogP contribution in [0.3, 0.4) is 0 Å². The molecule has 3 rings (SSSR count). The molecule has 0 aliphatic carbocycles. The third kappa shape index (κ3) is 4.59. The molecular weight excluding hydrogens is 356 g/mol. The van der Waals surface area contributed by atoms with Gasteiger partial charge in [-0.25, -0.2) is 0 Å². The van der Waals surface area contributed by atoms with E-state index < -0.39 is 0 Å². The number of morpholine rings is 1. The van der Waals surface area contributed by atoms with Gasteiger partial charge in [-0.05, 0) is 31.0 Å². The van der Waals surface area contributed by atoms with Crippen molar-refractivity contribution in [3.8, 4) is 0 Å². The van der Waals surface area contributed by atoms with Crippen LogP contribution in [0, 0.1) is 5.92 Å². The van der Waals surface area contributed by atoms with Crippen molar-refractivity contribution in [3.63, 3.8) is 0 Å². The van der Waals surface area contributed by atoms with E-state index in [1.807, 2.05) is 18.2 Å². The fourth-order valence-corrected chi connectivity index (χ4v) is 3.60. The Morgan fingerprint density at radius 3 is 2.54 bits per heavy atom. The molecule has 0 atom stereocenters. The van der Waals surface area contributed by atoms with Gasteiger partial charge in [0, 0.05) is 37.1 Å². The summed E-state index contributed by atoms with van der Waals surface area (Å²) in [6.07, 6.45) is 1.27. The molecule has 1 aromatic carbocycles. The van der Waals surface area contributed by atoms with Crippen LogP contribution >= 0.6 is 11.6 Å². The van der Waals surface area contributed by atoms with Gasteiger partial charge in [0.25, 0.3) is 0 Å². The fourth-order valence-electron chi connectivity index (χ4n) is 3.43. The highest BCUT2D eigenvalue weighted by Gasteiger charge is 2.26. The second kappa shape index (κ2) is 8.60. The summed E-state index contributed by atoms with van der Waals surface area (Å²) in [6, 6.07) is 5.67. The molecule has 26 heavy (non-hydrogen) atoms. The Hall–Kier alpha value is -1.99. The van der Waals surface area contributed by atoms with Gasteiger partial charge >= 0.3 is 0 Å². The lowest BCUT2D eigenvalue weighted by Crippen LogP contribution is -2.44. The Kier molecular flexibility index (Phi) is 6.21. The van der Waals surface area contributed by atoms with Crippen molar-refractivity contribution in [3.05, 3.63) is 23.2 Å². The maximum atomic E-state index is 12.5. The molecule has 2 aliphatic heterocycles. The van der Waals surface area contributed by atoms with E-state index in [-0.39, 0.29) is 24.3 Å². The van der Waals surface area contributed by atoms with Crippen molar-refractivity contribution in [2.24, 2.45) is 11.7 Å². The number of hydrogen-bond acceptors (Lipinski definition) is 5. The molecule has 8 heteroatoms. The number of anilines is 2. The monoisotopic (exact) mass is 380 g/mol. The number of ether oxygens (including phenoxy) is 1. The van der Waals surface area contributed by atoms with Gasteiger partial charge in [0.1, 0.15) is 0 Å². The first-order valence-electron chi connectivity index (χ1n) is 8.98. The average molecular weight is 381 g/mol. The Morgan fingerprint density at radius 1 is 1.19 bits per heavy atom. The van der Waals surface area contributed by atoms with Gasteiger partial charge in [0.2, 0.25) is 11.8 Å². The lowest BCUT2D eigenvalue weighted by molar-refractivity contribution is -0.133. The van der Waals surface area contributed by atoms with Gasteiger partial charge < -0.3 is 25.6 Å². The number of rotatable bonds is 5. The molecule has 2 saturated heterocycles. The highest BCUT2D eigenvalue weighted by Crippen LogP contribution is 2.30. The lowest BCUT2D eigenvalue weighted by atomic mass is 9.96. The summed E-state index contributed by atoms with van der Waals surface area (Å²) >= 11 is 6.14. The van der Waals surface area contributed by atoms with E-state index in [0.29, 0.717) is 44.2 Å². The molecule has 0 spiro atoms. The first-order valence-corrected chi connectivity index (χ1v) is 9.35. The van der Waals surface area contributed by atoms with E-state index >= 15 is 0 Å². The van der Waals surface area contributed by atoms with E-state index in [1.165, 1.54) is 0 Å². The molecule has 7 nitrogen and oxygen atoms in total. The highest BCUT2D eigenvalue weighted by atomic mass is 35.5. The number of halogens is 1. The summed E-state index contributed by atoms with van der Waals surface area (Å²) in [5.41, 5.74) is 7.22. The molecule has 0 aromatic heterocycles. The van der Waals surface area contributed by atoms with Gasteiger partial charge in [-0.15, -0.1) is 0 Å². The predicted octanol–water partition coefficient (Wildman–Crippen LogP) is 1.31. The second-order valence-electron chi connectivity index (χ2n) is 6.67. The largest absolute Gasteiger partial charge is 0.378 e. The summed E-state index contributed by atoms with van der Waals surface area (Å²) in [7, 11) is 0. The molecular formula is C18H25ClN4O3. The van der Waals surface area contributed by atoms with Gasteiger partial charge in [0.15, 0.2) is 0 Å². The molecule has 2 aliphatic rings. The predicted molar refractivity (Wildman–Crippen MR) is 101 cm³/mol. The quantitative estimate of drug-likeness (QED) is 0.804. The zero-order valence-electron chi connectivity index (χ0n) is 14.7. The molecule has 0 unspecified atom stereocenters. The van der Waals surface area contributed by atoms with Crippen molar-refractivity contribution in [1.29, 1.82) is 0 Å². The van der Waals surface area contributed by atoms with Crippen LogP contribution in [0.1, 0.15) is 12.8 Å². The van der Waals surface area contributed by atoms with Crippen LogP contribution in [0.25, 0.3) is 0 Å². The van der Waals surface area contributed by atoms with Crippen LogP contribution in [0.2, 0.25) is 5.02 Å². The molecule has 142 valence electrons. The van der Waals surface area contributed by atoms with Crippen LogP contribution in [-0.4, -0.2) is 62.7 Å². The van der Waals surface area contributed by atoms with E-state index in [0.717, 1.165) is 24.5 Å². The number of amides is 2. The van der Waals surface area contributed by atoms with E-state index in [4.69, 9.17) is 22.1 Å². The smallest absolute Gasteiger partial charge is 0.241 e. The first-order chi connectivity index (χ1) is 12.5. The minimum atomic E-state index is -0.274. The zero-order chi connectivity index (χ0) is 18.5. The Balaban J connectivity index is 1.59. The summed E-state index contributed by atoms with van der Waals surface area (Å²) in [6.45, 7) is 4.33. The number of nitrogens with one attached hydrogen (secondary N) is 1. The number of hydrogen-bond donors (Lipinski definition) is 2. The molecule has 0 bridgehead atoms. The molecule has 2 fully saturated rings. The van der Waals surface area contributed by atoms with E-state index in [1.54, 1.807) is 4.90 Å². The topological polar surface area (TPSA) is 87.9 Å². The van der Waals surface area contributed by atoms with Gasteiger partial charge in [-0.1, -0.05) is 11.6 Å². The molecule has 2 amide bonds. The Morgan fingerprint density at radius 2 is 1.88 bits per heavy atom. The number of carbonyl (C=O) groups is 2. The van der Waals surface area contributed by atoms with Crippen molar-refractivity contribution < 1.29 is 14.3 Å². The fraction of sp³-hybridized carbons (Fsp3) is 0.556. The number of primary amides is 1. The van der Waals surface area contributed by atoms with Crippen LogP contribution < -0.4 is 16.0 Å². The SMILES string of the molecule is NC(=O)C1CCN(C(=O)CNc2cc(Cl)ccc2N2CCOCC2)CC1. The highest BCUT2D eigenvalue weighted by molar-refractivity contribution is 6.31. The minimum Gasteiger partial charge on any atom is -0.378 e. The first kappa shape index (κ1) is 18.8. The standard InChI is InChI=1S/C18H25ClN4O3/c19-14-1-2-16(22-7-9-26-10-8-22)15(11-14)21-12-17(24)23-5-3-13(4-6-23)18(20)25/h1-2,11,13,21H,3-10,12H2,(H2,20,25). The molecule has 1 aromatic rings. The van der Waals surface area contributed by atoms with Crippen LogP contribution in [0.15, 0.2) is 18.2 Å². The number of nitrogens with two attached hydrogens (primary N) is 1. The molecule has 2 heterocycles. The summed E-state index contributed by atoms with van der Waals surface area (Å²) < 4.78 is 5.41. The van der Waals surface area contributed by atoms with Crippen LogP contribution in [0.4, 0.5) is 11.4 Å². The van der Waals surface area contributed by atoms with Crippen LogP contribution in [0.5, 0.6) is 0 Å². The Labute approximate surface area is 158 Å². The Bertz CT molecular complexity index is 656. The zero-order valence-corrected chi connectivity index (χ0v) is 15.5. The summed E-state index contributed by atoms with van der Waals surface area (Å²) in [5, 5.41) is 3.86. The van der Waals surface area contributed by atoms with Gasteiger partial charge in [-0.2, -0.15) is 0 Å². The van der Waals surface area contributed by atoms with Crippen molar-refractivity contribution in [2.45, 2.75) is 12.8 Å². The van der Waals surface area contributed by atoms with Crippen molar-refractivity contribution in [2.75, 3.05) is 56.2 Å². The van der Waals surface area contributed by atoms with Crippen molar-refractivity contribution in [1.82, 2.24) is 4.90 Å². The number of carbonyl (C=O) groups excluding carboxylic acids is 2. The molecule has 0 radical (unpaired) electrons. The molecule has 3 N–H and O–H groups in total. The maximum absolute atomic E-state index is 12.5. The van der Waals surface area contributed by atoms with Gasteiger partial charge in [-0.3, -0.25) is 9.59 Å². The van der Waals surface area contributed by atoms with Crippen LogP contribution in [-0.2, 0) is 14.3 Å². The average Bonchev–Trinajstić information content (AvgIpc) is 2.67. The van der Waals surface area contributed by atoms with E-state index in [2.05, 4.69) is 10.2 Å². The number of likely N-dealkylation sites (tertiary alicyclic amines) is 1. The van der Waals surface area contributed by atoms with E-state index in [9.17, 15) is 9.59 Å². The third-order valence-electron chi connectivity index (χ3n) is 4.99.